The maximum absolute atomic E-state index is 14.6. The number of hydrogen-bond acceptors (Lipinski definition) is 13. The number of morpholine rings is 1. The van der Waals surface area contributed by atoms with E-state index in [2.05, 4.69) is 52.5 Å². The number of aromatic nitrogens is 6. The first-order chi connectivity index (χ1) is 33.7. The van der Waals surface area contributed by atoms with Crippen molar-refractivity contribution in [3.05, 3.63) is 125 Å². The van der Waals surface area contributed by atoms with Gasteiger partial charge in [0.25, 0.3) is 11.8 Å². The van der Waals surface area contributed by atoms with Gasteiger partial charge in [-0.05, 0) is 85.0 Å². The van der Waals surface area contributed by atoms with E-state index in [1.807, 2.05) is 45.0 Å². The number of nitrogen functional groups attached to an aromatic ring is 2. The number of halogens is 2. The van der Waals surface area contributed by atoms with E-state index in [4.69, 9.17) is 20.9 Å². The second-order valence-electron chi connectivity index (χ2n) is 18.4. The number of para-hydroxylation sites is 2. The Morgan fingerprint density at radius 3 is 1.76 bits per heavy atom. The van der Waals surface area contributed by atoms with Crippen LogP contribution in [0.2, 0.25) is 0 Å². The maximum atomic E-state index is 14.6. The third kappa shape index (κ3) is 9.17. The number of nitrogens with two attached hydrogens (primary N) is 2. The molecule has 0 bridgehead atoms. The van der Waals surface area contributed by atoms with E-state index in [0.717, 1.165) is 46.6 Å². The topological polar surface area (TPSA) is 216 Å². The molecule has 0 unspecified atom stereocenters. The number of hydrogen-bond donors (Lipinski definition) is 4. The fourth-order valence-electron chi connectivity index (χ4n) is 8.97. The lowest BCUT2D eigenvalue weighted by Crippen LogP contribution is -2.50. The Morgan fingerprint density at radius 2 is 1.20 bits per heavy atom. The zero-order valence-electron chi connectivity index (χ0n) is 38.8. The molecule has 2 aliphatic heterocycles. The number of nitrogens with one attached hydrogen (secondary N) is 2. The first-order valence-electron chi connectivity index (χ1n) is 23.0. The summed E-state index contributed by atoms with van der Waals surface area (Å²) in [5.41, 5.74) is 18.1. The van der Waals surface area contributed by atoms with E-state index in [1.165, 1.54) is 33.3 Å². The van der Waals surface area contributed by atoms with Crippen molar-refractivity contribution < 1.29 is 32.6 Å². The summed E-state index contributed by atoms with van der Waals surface area (Å²) in [6.07, 6.45) is 2.61. The number of benzene rings is 4. The summed E-state index contributed by atoms with van der Waals surface area (Å²) in [4.78, 5) is 64.2. The van der Waals surface area contributed by atoms with Gasteiger partial charge in [0.2, 0.25) is 11.9 Å². The Hall–Kier alpha value is -7.97. The predicted molar refractivity (Wildman–Crippen MR) is 260 cm³/mol. The summed E-state index contributed by atoms with van der Waals surface area (Å²) in [6, 6.07) is 21.3. The number of nitrogens with zero attached hydrogens (tertiary/aromatic N) is 9. The van der Waals surface area contributed by atoms with E-state index < -0.39 is 29.0 Å². The lowest BCUT2D eigenvalue weighted by Gasteiger charge is -2.37. The third-order valence-electron chi connectivity index (χ3n) is 12.6. The molecule has 0 spiro atoms. The molecule has 4 aromatic heterocycles. The fraction of sp³-hybridized carbons (Fsp3) is 0.300. The minimum atomic E-state index is -0.636. The van der Waals surface area contributed by atoms with Crippen molar-refractivity contribution in [1.82, 2.24) is 49.2 Å². The fourth-order valence-corrected chi connectivity index (χ4v) is 8.97. The van der Waals surface area contributed by atoms with Crippen molar-refractivity contribution >= 4 is 68.6 Å². The van der Waals surface area contributed by atoms with Crippen molar-refractivity contribution in [2.24, 2.45) is 0 Å². The number of fused-ring (bicyclic) bond motifs is 6. The quantitative estimate of drug-likeness (QED) is 0.125. The van der Waals surface area contributed by atoms with Crippen molar-refractivity contribution in [2.75, 3.05) is 68.8 Å². The van der Waals surface area contributed by atoms with Crippen LogP contribution in [0.15, 0.2) is 85.2 Å². The molecule has 8 aromatic rings. The summed E-state index contributed by atoms with van der Waals surface area (Å²) in [6.45, 7) is 11.0. The Balaban J connectivity index is 0.932. The minimum Gasteiger partial charge on any atom is -0.444 e. The standard InChI is InChI=1S/C50H51F2N13O5/c1-50(2,3)70-49(68)63-16-14-62(15-17-63)40-23-30(11-13-32(40)25-56-46(67)39-28-65-44(58-39)35-7-5-9-37(52)42(35)60-48(65)54)29-10-12-31(33(22-29)26-61-18-20-69-21-19-61)24-55-45(66)38-27-64-43(57-38)34-6-4-8-36(51)41(34)59-47(64)53/h4-13,22-23,27-28H,14-21,24-26H2,1-3H3,(H2,53,59)(H2,54,60)(H,55,66)(H,56,67). The second-order valence-corrected chi connectivity index (χ2v) is 18.4. The highest BCUT2D eigenvalue weighted by molar-refractivity contribution is 5.99. The lowest BCUT2D eigenvalue weighted by molar-refractivity contribution is 0.0240. The van der Waals surface area contributed by atoms with Crippen molar-refractivity contribution in [3.8, 4) is 11.1 Å². The van der Waals surface area contributed by atoms with E-state index in [0.29, 0.717) is 68.0 Å². The molecule has 0 radical (unpaired) electrons. The van der Waals surface area contributed by atoms with Crippen LogP contribution in [0.1, 0.15) is 58.4 Å². The number of ether oxygens (including phenoxy) is 2. The van der Waals surface area contributed by atoms with Crippen molar-refractivity contribution in [2.45, 2.75) is 46.0 Å². The van der Waals surface area contributed by atoms with E-state index in [1.54, 1.807) is 29.2 Å². The number of anilines is 3. The van der Waals surface area contributed by atoms with Crippen LogP contribution in [0, 0.1) is 11.6 Å². The molecule has 360 valence electrons. The molecule has 0 atom stereocenters. The molecule has 4 aromatic carbocycles. The number of carbonyl (C=O) groups excluding carboxylic acids is 3. The Kier molecular flexibility index (Phi) is 12.1. The van der Waals surface area contributed by atoms with Gasteiger partial charge < -0.3 is 41.4 Å². The molecule has 10 rings (SSSR count). The van der Waals surface area contributed by atoms with Gasteiger partial charge in [-0.25, -0.2) is 33.5 Å². The highest BCUT2D eigenvalue weighted by Gasteiger charge is 2.28. The van der Waals surface area contributed by atoms with Gasteiger partial charge in [0.05, 0.1) is 13.2 Å². The normalized spacial score (nSPS) is 14.8. The molecular weight excluding hydrogens is 901 g/mol. The third-order valence-corrected chi connectivity index (χ3v) is 12.6. The second kappa shape index (κ2) is 18.5. The van der Waals surface area contributed by atoms with Crippen LogP contribution >= 0.6 is 0 Å². The van der Waals surface area contributed by atoms with Crippen LogP contribution < -0.4 is 27.0 Å². The molecule has 18 nitrogen and oxygen atoms in total. The van der Waals surface area contributed by atoms with Crippen LogP contribution in [0.25, 0.3) is 44.2 Å². The Bertz CT molecular complexity index is 3360. The van der Waals surface area contributed by atoms with Gasteiger partial charge in [0.15, 0.2) is 0 Å². The molecule has 0 aliphatic carbocycles. The van der Waals surface area contributed by atoms with E-state index in [9.17, 15) is 23.2 Å². The zero-order valence-corrected chi connectivity index (χ0v) is 38.8. The van der Waals surface area contributed by atoms with Crippen LogP contribution in [-0.4, -0.2) is 115 Å². The highest BCUT2D eigenvalue weighted by atomic mass is 19.1. The number of carbonyl (C=O) groups is 3. The number of amides is 3. The zero-order chi connectivity index (χ0) is 48.8. The predicted octanol–water partition coefficient (Wildman–Crippen LogP) is 5.94. The van der Waals surface area contributed by atoms with E-state index >= 15 is 0 Å². The molecular formula is C50H51F2N13O5. The average Bonchev–Trinajstić information content (AvgIpc) is 4.02. The van der Waals surface area contributed by atoms with Gasteiger partial charge in [-0.3, -0.25) is 23.3 Å². The SMILES string of the molecule is CC(C)(C)OC(=O)N1CCN(c2cc(-c3ccc(CNC(=O)c4cn5c(N)nc6c(F)cccc6c5n4)c(CN4CCOCC4)c3)ccc2CNC(=O)c2cn3c(N)nc4c(F)cccc4c3n2)CC1. The van der Waals surface area contributed by atoms with Gasteiger partial charge in [-0.2, -0.15) is 0 Å². The molecule has 2 saturated heterocycles. The van der Waals surface area contributed by atoms with Gasteiger partial charge >= 0.3 is 6.09 Å². The summed E-state index contributed by atoms with van der Waals surface area (Å²) >= 11 is 0. The molecule has 6 N–H and O–H groups in total. The molecule has 6 heterocycles. The monoisotopic (exact) mass is 951 g/mol. The van der Waals surface area contributed by atoms with Crippen LogP contribution in [0.4, 0.5) is 31.2 Å². The molecule has 2 fully saturated rings. The highest BCUT2D eigenvalue weighted by Crippen LogP contribution is 2.32. The minimum absolute atomic E-state index is 0.00540. The Morgan fingerprint density at radius 1 is 0.671 bits per heavy atom. The number of imidazole rings is 2. The first kappa shape index (κ1) is 45.8. The molecule has 70 heavy (non-hydrogen) atoms. The van der Waals surface area contributed by atoms with E-state index in [-0.39, 0.29) is 53.5 Å². The van der Waals surface area contributed by atoms with Gasteiger partial charge in [0.1, 0.15) is 51.0 Å². The van der Waals surface area contributed by atoms with Gasteiger partial charge in [0, 0.05) is 87.8 Å². The van der Waals surface area contributed by atoms with Crippen molar-refractivity contribution in [3.63, 3.8) is 0 Å². The summed E-state index contributed by atoms with van der Waals surface area (Å²) in [5.74, 6) is -1.97. The lowest BCUT2D eigenvalue weighted by atomic mass is 9.96. The van der Waals surface area contributed by atoms with Gasteiger partial charge in [-0.15, -0.1) is 0 Å². The molecule has 20 heteroatoms. The first-order valence-corrected chi connectivity index (χ1v) is 23.0. The Labute approximate surface area is 400 Å². The largest absolute Gasteiger partial charge is 0.444 e. The summed E-state index contributed by atoms with van der Waals surface area (Å²) < 4.78 is 43.5. The average molecular weight is 952 g/mol. The van der Waals surface area contributed by atoms with Crippen LogP contribution in [0.5, 0.6) is 0 Å². The van der Waals surface area contributed by atoms with Crippen LogP contribution in [-0.2, 0) is 29.1 Å². The molecule has 2 aliphatic rings. The smallest absolute Gasteiger partial charge is 0.410 e. The number of rotatable bonds is 10. The van der Waals surface area contributed by atoms with Gasteiger partial charge in [-0.1, -0.05) is 36.4 Å². The maximum Gasteiger partial charge on any atom is 0.410 e. The summed E-state index contributed by atoms with van der Waals surface area (Å²) in [5, 5.41) is 6.90. The molecule has 3 amide bonds. The van der Waals surface area contributed by atoms with Crippen molar-refractivity contribution in [1.29, 1.82) is 0 Å². The van der Waals surface area contributed by atoms with Crippen LogP contribution in [0.3, 0.4) is 0 Å². The molecule has 0 saturated carbocycles. The summed E-state index contributed by atoms with van der Waals surface area (Å²) in [7, 11) is 0. The number of piperazine rings is 1.